The van der Waals surface area contributed by atoms with Crippen LogP contribution in [0, 0.1) is 6.92 Å². The summed E-state index contributed by atoms with van der Waals surface area (Å²) in [6.07, 6.45) is 0. The van der Waals surface area contributed by atoms with Gasteiger partial charge in [-0.25, -0.2) is 8.42 Å². The van der Waals surface area contributed by atoms with E-state index in [1.807, 2.05) is 0 Å². The molecule has 0 bridgehead atoms. The predicted molar refractivity (Wildman–Crippen MR) is 119 cm³/mol. The van der Waals surface area contributed by atoms with Gasteiger partial charge < -0.3 is 10.1 Å². The third-order valence-electron chi connectivity index (χ3n) is 4.14. The lowest BCUT2D eigenvalue weighted by Crippen LogP contribution is -2.20. The van der Waals surface area contributed by atoms with Gasteiger partial charge >= 0.3 is 0 Å². The number of nitrogens with one attached hydrogen (secondary N) is 2. The fourth-order valence-electron chi connectivity index (χ4n) is 2.53. The molecule has 1 amide bonds. The Kier molecular flexibility index (Phi) is 6.87. The van der Waals surface area contributed by atoms with Gasteiger partial charge in [-0.05, 0) is 73.2 Å². The van der Waals surface area contributed by atoms with Crippen molar-refractivity contribution in [2.75, 3.05) is 16.6 Å². The minimum Gasteiger partial charge on any atom is -0.484 e. The van der Waals surface area contributed by atoms with Crippen LogP contribution in [0.5, 0.6) is 5.75 Å². The second-order valence-corrected chi connectivity index (χ2v) is 8.86. The van der Waals surface area contributed by atoms with Crippen LogP contribution in [-0.4, -0.2) is 20.9 Å². The third kappa shape index (κ3) is 5.66. The smallest absolute Gasteiger partial charge is 0.262 e. The van der Waals surface area contributed by atoms with Crippen molar-refractivity contribution in [3.8, 4) is 5.75 Å². The summed E-state index contributed by atoms with van der Waals surface area (Å²) < 4.78 is 32.8. The van der Waals surface area contributed by atoms with Gasteiger partial charge in [0, 0.05) is 21.4 Å². The van der Waals surface area contributed by atoms with Crippen LogP contribution in [0.3, 0.4) is 0 Å². The maximum absolute atomic E-state index is 12.5. The molecule has 0 atom stereocenters. The van der Waals surface area contributed by atoms with Gasteiger partial charge in [-0.1, -0.05) is 29.3 Å². The first-order valence-electron chi connectivity index (χ1n) is 8.81. The van der Waals surface area contributed by atoms with Gasteiger partial charge in [0.25, 0.3) is 15.9 Å². The summed E-state index contributed by atoms with van der Waals surface area (Å²) >= 11 is 11.8. The largest absolute Gasteiger partial charge is 0.484 e. The zero-order valence-electron chi connectivity index (χ0n) is 15.9. The molecule has 0 saturated heterocycles. The number of hydrogen-bond donors (Lipinski definition) is 2. The van der Waals surface area contributed by atoms with E-state index in [4.69, 9.17) is 27.9 Å². The highest BCUT2D eigenvalue weighted by atomic mass is 35.5. The molecule has 6 nitrogen and oxygen atoms in total. The maximum atomic E-state index is 12.5. The van der Waals surface area contributed by atoms with Crippen LogP contribution in [0.25, 0.3) is 0 Å². The van der Waals surface area contributed by atoms with Crippen LogP contribution in [0.15, 0.2) is 71.6 Å². The molecule has 0 unspecified atom stereocenters. The number of carbonyl (C=O) groups excluding carboxylic acids is 1. The molecule has 0 aromatic heterocycles. The van der Waals surface area contributed by atoms with E-state index in [1.54, 1.807) is 49.4 Å². The zero-order chi connectivity index (χ0) is 21.7. The Hall–Kier alpha value is -2.74. The molecule has 3 aromatic carbocycles. The number of anilines is 2. The molecule has 2 N–H and O–H groups in total. The monoisotopic (exact) mass is 464 g/mol. The number of rotatable bonds is 7. The van der Waals surface area contributed by atoms with E-state index >= 15 is 0 Å². The van der Waals surface area contributed by atoms with E-state index < -0.39 is 10.0 Å². The first kappa shape index (κ1) is 22.0. The van der Waals surface area contributed by atoms with Crippen molar-refractivity contribution in [2.24, 2.45) is 0 Å². The van der Waals surface area contributed by atoms with Gasteiger partial charge in [-0.2, -0.15) is 0 Å². The zero-order valence-corrected chi connectivity index (χ0v) is 18.2. The number of ether oxygens (including phenoxy) is 1. The molecular weight excluding hydrogens is 447 g/mol. The highest BCUT2D eigenvalue weighted by Crippen LogP contribution is 2.23. The molecule has 3 aromatic rings. The van der Waals surface area contributed by atoms with Crippen LogP contribution in [0.1, 0.15) is 5.56 Å². The van der Waals surface area contributed by atoms with Crippen molar-refractivity contribution in [1.29, 1.82) is 0 Å². The highest BCUT2D eigenvalue weighted by molar-refractivity contribution is 7.92. The van der Waals surface area contributed by atoms with E-state index in [1.165, 1.54) is 24.3 Å². The molecule has 0 aliphatic heterocycles. The van der Waals surface area contributed by atoms with Gasteiger partial charge in [0.1, 0.15) is 5.75 Å². The average molecular weight is 465 g/mol. The van der Waals surface area contributed by atoms with E-state index in [2.05, 4.69) is 10.0 Å². The summed E-state index contributed by atoms with van der Waals surface area (Å²) in [6, 6.07) is 17.3. The van der Waals surface area contributed by atoms with Crippen molar-refractivity contribution in [3.63, 3.8) is 0 Å². The van der Waals surface area contributed by atoms with Gasteiger partial charge in [-0.3, -0.25) is 9.52 Å². The number of benzene rings is 3. The number of halogens is 2. The normalized spacial score (nSPS) is 11.0. The summed E-state index contributed by atoms with van der Waals surface area (Å²) in [7, 11) is -3.76. The topological polar surface area (TPSA) is 84.5 Å². The SMILES string of the molecule is Cc1c(Cl)cccc1NC(=O)COc1ccc(S(=O)(=O)Nc2ccc(Cl)cc2)cc1. The molecule has 0 aliphatic carbocycles. The molecule has 0 saturated carbocycles. The summed E-state index contributed by atoms with van der Waals surface area (Å²) in [5, 5.41) is 3.79. The van der Waals surface area contributed by atoms with Crippen molar-refractivity contribution in [3.05, 3.63) is 82.3 Å². The maximum Gasteiger partial charge on any atom is 0.262 e. The molecule has 0 radical (unpaired) electrons. The number of amides is 1. The van der Waals surface area contributed by atoms with Crippen molar-refractivity contribution in [1.82, 2.24) is 0 Å². The molecule has 30 heavy (non-hydrogen) atoms. The molecule has 0 aliphatic rings. The van der Waals surface area contributed by atoms with Crippen LogP contribution in [-0.2, 0) is 14.8 Å². The Labute approximate surface area is 184 Å². The van der Waals surface area contributed by atoms with Crippen LogP contribution in [0.4, 0.5) is 11.4 Å². The van der Waals surface area contributed by atoms with E-state index in [0.29, 0.717) is 27.2 Å². The quantitative estimate of drug-likeness (QED) is 0.507. The fourth-order valence-corrected chi connectivity index (χ4v) is 3.88. The lowest BCUT2D eigenvalue weighted by molar-refractivity contribution is -0.118. The Morgan fingerprint density at radius 2 is 1.63 bits per heavy atom. The lowest BCUT2D eigenvalue weighted by Gasteiger charge is -2.11. The molecular formula is C21H18Cl2N2O4S. The standard InChI is InChI=1S/C21H18Cl2N2O4S/c1-14-19(23)3-2-4-20(14)24-21(26)13-29-17-9-11-18(12-10-17)30(27,28)25-16-7-5-15(22)6-8-16/h2-12,25H,13H2,1H3,(H,24,26). The molecule has 3 rings (SSSR count). The van der Waals surface area contributed by atoms with Gasteiger partial charge in [0.2, 0.25) is 0 Å². The highest BCUT2D eigenvalue weighted by Gasteiger charge is 2.14. The van der Waals surface area contributed by atoms with Gasteiger partial charge in [0.15, 0.2) is 6.61 Å². The van der Waals surface area contributed by atoms with Gasteiger partial charge in [0.05, 0.1) is 4.90 Å². The third-order valence-corrected chi connectivity index (χ3v) is 6.20. The second kappa shape index (κ2) is 9.38. The molecule has 0 fully saturated rings. The predicted octanol–water partition coefficient (Wildman–Crippen LogP) is 5.12. The molecule has 0 spiro atoms. The summed E-state index contributed by atoms with van der Waals surface area (Å²) in [5.74, 6) is -0.000112. The van der Waals surface area contributed by atoms with E-state index in [0.717, 1.165) is 5.56 Å². The minimum absolute atomic E-state index is 0.0591. The molecule has 156 valence electrons. The van der Waals surface area contributed by atoms with Crippen molar-refractivity contribution < 1.29 is 17.9 Å². The van der Waals surface area contributed by atoms with E-state index in [9.17, 15) is 13.2 Å². The number of carbonyl (C=O) groups is 1. The molecule has 0 heterocycles. The Bertz CT molecular complexity index is 1150. The van der Waals surface area contributed by atoms with Crippen LogP contribution >= 0.6 is 23.2 Å². The Morgan fingerprint density at radius 3 is 2.30 bits per heavy atom. The Balaban J connectivity index is 1.59. The summed E-state index contributed by atoms with van der Waals surface area (Å²) in [6.45, 7) is 1.57. The first-order chi connectivity index (χ1) is 14.2. The second-order valence-electron chi connectivity index (χ2n) is 6.33. The van der Waals surface area contributed by atoms with Gasteiger partial charge in [-0.15, -0.1) is 0 Å². The average Bonchev–Trinajstić information content (AvgIpc) is 2.72. The number of hydrogen-bond acceptors (Lipinski definition) is 4. The van der Waals surface area contributed by atoms with Crippen LogP contribution < -0.4 is 14.8 Å². The van der Waals surface area contributed by atoms with Crippen LogP contribution in [0.2, 0.25) is 10.0 Å². The molecule has 9 heteroatoms. The van der Waals surface area contributed by atoms with E-state index in [-0.39, 0.29) is 17.4 Å². The minimum atomic E-state index is -3.76. The first-order valence-corrected chi connectivity index (χ1v) is 11.0. The Morgan fingerprint density at radius 1 is 0.967 bits per heavy atom. The number of sulfonamides is 1. The fraction of sp³-hybridized carbons (Fsp3) is 0.0952. The van der Waals surface area contributed by atoms with Crippen molar-refractivity contribution >= 4 is 50.5 Å². The van der Waals surface area contributed by atoms with Crippen molar-refractivity contribution in [2.45, 2.75) is 11.8 Å². The summed E-state index contributed by atoms with van der Waals surface area (Å²) in [5.41, 5.74) is 1.76. The summed E-state index contributed by atoms with van der Waals surface area (Å²) in [4.78, 5) is 12.2. The lowest BCUT2D eigenvalue weighted by atomic mass is 10.2.